The van der Waals surface area contributed by atoms with Crippen LogP contribution in [0, 0.1) is 0 Å². The molecule has 20 heavy (non-hydrogen) atoms. The van der Waals surface area contributed by atoms with E-state index in [1.165, 1.54) is 0 Å². The van der Waals surface area contributed by atoms with Crippen molar-refractivity contribution in [3.05, 3.63) is 23.9 Å². The summed E-state index contributed by atoms with van der Waals surface area (Å²) >= 11 is 0. The Morgan fingerprint density at radius 2 is 1.65 bits per heavy atom. The lowest BCUT2D eigenvalue weighted by atomic mass is 10.2. The minimum absolute atomic E-state index is 0.251. The van der Waals surface area contributed by atoms with Crippen molar-refractivity contribution in [3.8, 4) is 0 Å². The molecule has 0 atom stereocenters. The summed E-state index contributed by atoms with van der Waals surface area (Å²) in [5, 5.41) is 0. The fraction of sp³-hybridized carbons (Fsp3) is 0.625. The monoisotopic (exact) mass is 290 g/mol. The minimum atomic E-state index is -1.99. The molecule has 2 rings (SSSR count). The first-order chi connectivity index (χ1) is 9.33. The van der Waals surface area contributed by atoms with Crippen molar-refractivity contribution < 1.29 is 4.79 Å². The molecule has 0 fully saturated rings. The second-order valence-corrected chi connectivity index (χ2v) is 12.4. The first-order valence-corrected chi connectivity index (χ1v) is 9.78. The summed E-state index contributed by atoms with van der Waals surface area (Å²) in [6.07, 6.45) is 2.33. The van der Waals surface area contributed by atoms with Gasteiger partial charge in [0.2, 0.25) is 5.91 Å². The van der Waals surface area contributed by atoms with Crippen molar-refractivity contribution in [2.24, 2.45) is 0 Å². The van der Waals surface area contributed by atoms with Crippen molar-refractivity contribution in [1.29, 1.82) is 0 Å². The van der Waals surface area contributed by atoms with Crippen molar-refractivity contribution in [1.82, 2.24) is 4.98 Å². The zero-order chi connectivity index (χ0) is 15.1. The van der Waals surface area contributed by atoms with Gasteiger partial charge < -0.3 is 4.57 Å². The summed E-state index contributed by atoms with van der Waals surface area (Å²) in [5.74, 6) is 1.18. The van der Waals surface area contributed by atoms with Crippen LogP contribution >= 0.6 is 0 Å². The predicted octanol–water partition coefficient (Wildman–Crippen LogP) is 4.15. The third kappa shape index (κ3) is 2.01. The fourth-order valence-electron chi connectivity index (χ4n) is 4.30. The SMILES string of the molecule is CC(C)[Si](C(C)C)(C(C)C)N1C(=O)Cc2cccnc21. The Labute approximate surface area is 123 Å². The molecule has 2 heterocycles. The summed E-state index contributed by atoms with van der Waals surface area (Å²) in [4.78, 5) is 17.3. The van der Waals surface area contributed by atoms with Gasteiger partial charge in [-0.2, -0.15) is 0 Å². The Bertz CT molecular complexity index is 489. The molecular weight excluding hydrogens is 264 g/mol. The molecule has 0 unspecified atom stereocenters. The van der Waals surface area contributed by atoms with Gasteiger partial charge in [0.1, 0.15) is 5.82 Å². The highest BCUT2D eigenvalue weighted by Crippen LogP contribution is 2.47. The molecule has 0 radical (unpaired) electrons. The average Bonchev–Trinajstić information content (AvgIpc) is 2.66. The normalized spacial score (nSPS) is 15.7. The maximum atomic E-state index is 12.7. The molecule has 0 saturated carbocycles. The highest BCUT2D eigenvalue weighted by Gasteiger charge is 2.53. The van der Waals surface area contributed by atoms with Crippen LogP contribution in [-0.4, -0.2) is 19.1 Å². The van der Waals surface area contributed by atoms with Gasteiger partial charge in [0.05, 0.1) is 6.42 Å². The highest BCUT2D eigenvalue weighted by atomic mass is 28.3. The molecule has 3 nitrogen and oxygen atoms in total. The second kappa shape index (κ2) is 5.32. The first-order valence-electron chi connectivity index (χ1n) is 7.60. The van der Waals surface area contributed by atoms with Gasteiger partial charge in [-0.15, -0.1) is 0 Å². The van der Waals surface area contributed by atoms with Crippen LogP contribution in [0.2, 0.25) is 16.6 Å². The predicted molar refractivity (Wildman–Crippen MR) is 86.5 cm³/mol. The van der Waals surface area contributed by atoms with Gasteiger partial charge in [-0.1, -0.05) is 47.6 Å². The number of hydrogen-bond acceptors (Lipinski definition) is 2. The smallest absolute Gasteiger partial charge is 0.224 e. The molecule has 1 aromatic rings. The fourth-order valence-corrected chi connectivity index (χ4v) is 10.9. The second-order valence-electron chi connectivity index (χ2n) is 6.74. The Kier molecular flexibility index (Phi) is 4.05. The Hall–Kier alpha value is -1.16. The third-order valence-electron chi connectivity index (χ3n) is 4.83. The van der Waals surface area contributed by atoms with Crippen LogP contribution in [0.4, 0.5) is 5.82 Å². The van der Waals surface area contributed by atoms with Crippen LogP contribution in [0.15, 0.2) is 18.3 Å². The Morgan fingerprint density at radius 3 is 2.15 bits per heavy atom. The molecule has 1 amide bonds. The zero-order valence-corrected chi connectivity index (χ0v) is 14.5. The van der Waals surface area contributed by atoms with E-state index >= 15 is 0 Å². The average molecular weight is 290 g/mol. The van der Waals surface area contributed by atoms with Gasteiger partial charge in [-0.3, -0.25) is 4.79 Å². The van der Waals surface area contributed by atoms with Crippen LogP contribution < -0.4 is 4.57 Å². The number of nitrogens with zero attached hydrogens (tertiary/aromatic N) is 2. The molecule has 4 heteroatoms. The number of pyridine rings is 1. The van der Waals surface area contributed by atoms with Crippen molar-refractivity contribution >= 4 is 20.0 Å². The number of amides is 1. The lowest BCUT2D eigenvalue weighted by molar-refractivity contribution is -0.116. The van der Waals surface area contributed by atoms with Crippen LogP contribution in [0.25, 0.3) is 0 Å². The molecule has 0 saturated heterocycles. The standard InChI is InChI=1S/C16H26N2OSi/c1-11(2)20(12(3)4,13(5)6)18-15(19)10-14-8-7-9-17-16(14)18/h7-9,11-13H,10H2,1-6H3. The van der Waals surface area contributed by atoms with E-state index in [9.17, 15) is 4.79 Å². The van der Waals surface area contributed by atoms with Crippen LogP contribution in [0.5, 0.6) is 0 Å². The van der Waals surface area contributed by atoms with Gasteiger partial charge >= 0.3 is 0 Å². The minimum Gasteiger partial charge on any atom is -0.324 e. The zero-order valence-electron chi connectivity index (χ0n) is 13.5. The number of carbonyl (C=O) groups excluding carboxylic acids is 1. The van der Waals surface area contributed by atoms with Gasteiger partial charge in [0.25, 0.3) is 0 Å². The van der Waals surface area contributed by atoms with Gasteiger partial charge in [-0.25, -0.2) is 4.98 Å². The van der Waals surface area contributed by atoms with Gasteiger partial charge in [0, 0.05) is 11.8 Å². The lowest BCUT2D eigenvalue weighted by Gasteiger charge is -2.48. The maximum Gasteiger partial charge on any atom is 0.224 e. The van der Waals surface area contributed by atoms with Crippen LogP contribution in [0.3, 0.4) is 0 Å². The first kappa shape index (κ1) is 15.2. The largest absolute Gasteiger partial charge is 0.324 e. The summed E-state index contributed by atoms with van der Waals surface area (Å²) in [6.45, 7) is 13.7. The van der Waals surface area contributed by atoms with E-state index in [0.29, 0.717) is 23.0 Å². The molecule has 0 N–H and O–H groups in total. The molecule has 0 aromatic carbocycles. The van der Waals surface area contributed by atoms with Gasteiger partial charge in [0.15, 0.2) is 8.24 Å². The number of hydrogen-bond donors (Lipinski definition) is 0. The van der Waals surface area contributed by atoms with Crippen molar-refractivity contribution in [2.45, 2.75) is 64.6 Å². The topological polar surface area (TPSA) is 33.2 Å². The lowest BCUT2D eigenvalue weighted by Crippen LogP contribution is -2.62. The van der Waals surface area contributed by atoms with Crippen molar-refractivity contribution in [2.75, 3.05) is 4.57 Å². The van der Waals surface area contributed by atoms with Crippen LogP contribution in [0.1, 0.15) is 47.1 Å². The number of carbonyl (C=O) groups is 1. The van der Waals surface area contributed by atoms with E-state index in [1.807, 2.05) is 18.3 Å². The highest BCUT2D eigenvalue weighted by molar-refractivity contribution is 6.89. The molecule has 0 spiro atoms. The van der Waals surface area contributed by atoms with E-state index in [0.717, 1.165) is 11.4 Å². The molecule has 110 valence electrons. The number of fused-ring (bicyclic) bond motifs is 1. The summed E-state index contributed by atoms with van der Waals surface area (Å²) in [7, 11) is -1.99. The van der Waals surface area contributed by atoms with Gasteiger partial charge in [-0.05, 0) is 22.7 Å². The van der Waals surface area contributed by atoms with Crippen LogP contribution in [-0.2, 0) is 11.2 Å². The maximum absolute atomic E-state index is 12.7. The summed E-state index contributed by atoms with van der Waals surface area (Å²) in [5.41, 5.74) is 2.63. The Morgan fingerprint density at radius 1 is 1.10 bits per heavy atom. The summed E-state index contributed by atoms with van der Waals surface area (Å²) < 4.78 is 2.14. The summed E-state index contributed by atoms with van der Waals surface area (Å²) in [6, 6.07) is 3.97. The third-order valence-corrected chi connectivity index (χ3v) is 11.6. The van der Waals surface area contributed by atoms with Crippen molar-refractivity contribution in [3.63, 3.8) is 0 Å². The molecule has 0 bridgehead atoms. The van der Waals surface area contributed by atoms with E-state index in [1.54, 1.807) is 0 Å². The van der Waals surface area contributed by atoms with E-state index in [4.69, 9.17) is 0 Å². The number of rotatable bonds is 4. The van der Waals surface area contributed by atoms with E-state index in [-0.39, 0.29) is 5.91 Å². The van der Waals surface area contributed by atoms with E-state index < -0.39 is 8.24 Å². The number of anilines is 1. The molecule has 1 aromatic heterocycles. The van der Waals surface area contributed by atoms with E-state index in [2.05, 4.69) is 51.1 Å². The molecule has 1 aliphatic rings. The quantitative estimate of drug-likeness (QED) is 0.781. The molecule has 1 aliphatic heterocycles. The number of aromatic nitrogens is 1. The molecule has 0 aliphatic carbocycles. The Balaban J connectivity index is 2.63. The molecular formula is C16H26N2OSi.